The van der Waals surface area contributed by atoms with Crippen molar-refractivity contribution in [2.24, 2.45) is 5.41 Å². The number of hydrogen-bond acceptors (Lipinski definition) is 1. The molecule has 1 aromatic rings. The number of amides is 1. The lowest BCUT2D eigenvalue weighted by molar-refractivity contribution is -0.117. The van der Waals surface area contributed by atoms with E-state index in [2.05, 4.69) is 48.1 Å². The Morgan fingerprint density at radius 2 is 2.06 bits per heavy atom. The van der Waals surface area contributed by atoms with Crippen molar-refractivity contribution < 1.29 is 4.79 Å². The molecule has 0 aliphatic carbocycles. The number of halogens is 1. The van der Waals surface area contributed by atoms with Crippen LogP contribution >= 0.6 is 15.9 Å². The summed E-state index contributed by atoms with van der Waals surface area (Å²) in [5.41, 5.74) is 2.29. The maximum absolute atomic E-state index is 11.7. The minimum Gasteiger partial charge on any atom is -0.325 e. The fourth-order valence-electron chi connectivity index (χ4n) is 2.22. The predicted molar refractivity (Wildman–Crippen MR) is 69.6 cm³/mol. The van der Waals surface area contributed by atoms with E-state index in [1.54, 1.807) is 0 Å². The van der Waals surface area contributed by atoms with Crippen molar-refractivity contribution in [3.63, 3.8) is 0 Å². The number of para-hydroxylation sites is 1. The average Bonchev–Trinajstić information content (AvgIpc) is 2.17. The lowest BCUT2D eigenvalue weighted by atomic mass is 9.72. The highest BCUT2D eigenvalue weighted by atomic mass is 79.9. The van der Waals surface area contributed by atoms with Gasteiger partial charge in [0.15, 0.2) is 0 Å². The monoisotopic (exact) mass is 281 g/mol. The van der Waals surface area contributed by atoms with Gasteiger partial charge in [0, 0.05) is 10.9 Å². The van der Waals surface area contributed by atoms with Gasteiger partial charge in [-0.1, -0.05) is 32.9 Å². The maximum atomic E-state index is 11.7. The van der Waals surface area contributed by atoms with Crippen LogP contribution in [-0.4, -0.2) is 5.91 Å². The molecule has 1 amide bonds. The van der Waals surface area contributed by atoms with E-state index < -0.39 is 0 Å². The molecule has 1 aliphatic heterocycles. The van der Waals surface area contributed by atoms with Crippen LogP contribution in [0.5, 0.6) is 0 Å². The minimum atomic E-state index is 0.104. The molecule has 1 unspecified atom stereocenters. The summed E-state index contributed by atoms with van der Waals surface area (Å²) in [7, 11) is 0. The Morgan fingerprint density at radius 1 is 1.38 bits per heavy atom. The average molecular weight is 282 g/mol. The van der Waals surface area contributed by atoms with Crippen LogP contribution in [0.2, 0.25) is 0 Å². The summed E-state index contributed by atoms with van der Waals surface area (Å²) in [6.07, 6.45) is 0.576. The predicted octanol–water partition coefficient (Wildman–Crippen LogP) is 3.92. The summed E-state index contributed by atoms with van der Waals surface area (Å²) in [5, 5.41) is 2.94. The molecule has 0 radical (unpaired) electrons. The fourth-order valence-corrected chi connectivity index (χ4v) is 2.70. The van der Waals surface area contributed by atoms with E-state index in [1.165, 1.54) is 5.56 Å². The molecule has 16 heavy (non-hydrogen) atoms. The highest BCUT2D eigenvalue weighted by Gasteiger charge is 2.34. The number of carbonyl (C=O) groups excluding carboxylic acids is 1. The Balaban J connectivity index is 2.55. The third kappa shape index (κ3) is 2.01. The zero-order valence-electron chi connectivity index (χ0n) is 9.80. The van der Waals surface area contributed by atoms with E-state index in [9.17, 15) is 4.79 Å². The van der Waals surface area contributed by atoms with E-state index in [0.717, 1.165) is 10.2 Å². The molecule has 1 atom stereocenters. The van der Waals surface area contributed by atoms with Crippen molar-refractivity contribution in [1.29, 1.82) is 0 Å². The number of carbonyl (C=O) groups is 1. The third-order valence-corrected chi connectivity index (χ3v) is 3.78. The van der Waals surface area contributed by atoms with Gasteiger partial charge in [0.05, 0.1) is 5.69 Å². The Morgan fingerprint density at radius 3 is 2.69 bits per heavy atom. The summed E-state index contributed by atoms with van der Waals surface area (Å²) in [5.74, 6) is 0.396. The molecule has 2 rings (SSSR count). The Hall–Kier alpha value is -0.830. The van der Waals surface area contributed by atoms with E-state index in [1.807, 2.05) is 12.1 Å². The molecule has 1 N–H and O–H groups in total. The summed E-state index contributed by atoms with van der Waals surface area (Å²) < 4.78 is 0.965. The maximum Gasteiger partial charge on any atom is 0.225 e. The van der Waals surface area contributed by atoms with Gasteiger partial charge >= 0.3 is 0 Å². The number of anilines is 1. The van der Waals surface area contributed by atoms with Gasteiger partial charge in [-0.3, -0.25) is 4.79 Å². The first-order valence-corrected chi connectivity index (χ1v) is 6.27. The summed E-state index contributed by atoms with van der Waals surface area (Å²) in [6, 6.07) is 6.10. The Bertz CT molecular complexity index is 434. The van der Waals surface area contributed by atoms with Gasteiger partial charge in [0.1, 0.15) is 0 Å². The zero-order chi connectivity index (χ0) is 11.9. The van der Waals surface area contributed by atoms with Crippen LogP contribution in [0.25, 0.3) is 0 Å². The van der Waals surface area contributed by atoms with Gasteiger partial charge in [0.2, 0.25) is 5.91 Å². The van der Waals surface area contributed by atoms with Gasteiger partial charge in [-0.25, -0.2) is 0 Å². The van der Waals surface area contributed by atoms with Crippen molar-refractivity contribution in [3.05, 3.63) is 28.2 Å². The summed E-state index contributed by atoms with van der Waals surface area (Å²) in [6.45, 7) is 6.54. The standard InChI is InChI=1S/C13H16BrNO/c1-13(2,3)9-7-11(16)15-12-8(9)5-4-6-10(12)14/h4-6,9H,7H2,1-3H3,(H,15,16). The molecule has 3 heteroatoms. The number of rotatable bonds is 0. The van der Waals surface area contributed by atoms with Crippen molar-refractivity contribution in [2.45, 2.75) is 33.1 Å². The minimum absolute atomic E-state index is 0.104. The molecule has 1 aliphatic rings. The SMILES string of the molecule is CC(C)(C)C1CC(=O)Nc2c(Br)cccc21. The fraction of sp³-hybridized carbons (Fsp3) is 0.462. The topological polar surface area (TPSA) is 29.1 Å². The van der Waals surface area contributed by atoms with Crippen molar-refractivity contribution in [3.8, 4) is 0 Å². The smallest absolute Gasteiger partial charge is 0.225 e. The second kappa shape index (κ2) is 3.88. The number of benzene rings is 1. The molecule has 0 saturated carbocycles. The van der Waals surface area contributed by atoms with E-state index in [0.29, 0.717) is 6.42 Å². The van der Waals surface area contributed by atoms with Gasteiger partial charge < -0.3 is 5.32 Å². The Kier molecular flexibility index (Phi) is 2.82. The molecule has 2 nitrogen and oxygen atoms in total. The first-order valence-electron chi connectivity index (χ1n) is 5.48. The number of hydrogen-bond donors (Lipinski definition) is 1. The van der Waals surface area contributed by atoms with E-state index in [4.69, 9.17) is 0 Å². The molecule has 0 aromatic heterocycles. The van der Waals surface area contributed by atoms with Crippen LogP contribution in [0.4, 0.5) is 5.69 Å². The van der Waals surface area contributed by atoms with Crippen molar-refractivity contribution in [2.75, 3.05) is 5.32 Å². The third-order valence-electron chi connectivity index (χ3n) is 3.12. The lowest BCUT2D eigenvalue weighted by Gasteiger charge is -2.35. The van der Waals surface area contributed by atoms with Gasteiger partial charge in [0.25, 0.3) is 0 Å². The zero-order valence-corrected chi connectivity index (χ0v) is 11.4. The van der Waals surface area contributed by atoms with Crippen LogP contribution in [-0.2, 0) is 4.79 Å². The van der Waals surface area contributed by atoms with Crippen LogP contribution in [0, 0.1) is 5.41 Å². The number of nitrogens with one attached hydrogen (secondary N) is 1. The first kappa shape index (κ1) is 11.6. The highest BCUT2D eigenvalue weighted by molar-refractivity contribution is 9.10. The normalized spacial score (nSPS) is 20.2. The quantitative estimate of drug-likeness (QED) is 0.767. The summed E-state index contributed by atoms with van der Waals surface area (Å²) in [4.78, 5) is 11.7. The second-order valence-electron chi connectivity index (χ2n) is 5.37. The molecule has 86 valence electrons. The molecule has 0 fully saturated rings. The van der Waals surface area contributed by atoms with Crippen molar-refractivity contribution >= 4 is 27.5 Å². The molecule has 0 saturated heterocycles. The molecule has 1 heterocycles. The molecule has 0 spiro atoms. The van der Waals surface area contributed by atoms with Crippen LogP contribution in [0.15, 0.2) is 22.7 Å². The largest absolute Gasteiger partial charge is 0.325 e. The molecule has 1 aromatic carbocycles. The van der Waals surface area contributed by atoms with Gasteiger partial charge in [-0.2, -0.15) is 0 Å². The molecular weight excluding hydrogens is 266 g/mol. The summed E-state index contributed by atoms with van der Waals surface area (Å²) >= 11 is 3.49. The lowest BCUT2D eigenvalue weighted by Crippen LogP contribution is -2.30. The first-order chi connectivity index (χ1) is 7.39. The van der Waals surface area contributed by atoms with Gasteiger partial charge in [-0.15, -0.1) is 0 Å². The Labute approximate surface area is 105 Å². The molecule has 0 bridgehead atoms. The van der Waals surface area contributed by atoms with Crippen LogP contribution < -0.4 is 5.32 Å². The van der Waals surface area contributed by atoms with Crippen molar-refractivity contribution in [1.82, 2.24) is 0 Å². The van der Waals surface area contributed by atoms with E-state index in [-0.39, 0.29) is 17.2 Å². The second-order valence-corrected chi connectivity index (χ2v) is 6.23. The van der Waals surface area contributed by atoms with Crippen LogP contribution in [0.3, 0.4) is 0 Å². The van der Waals surface area contributed by atoms with E-state index >= 15 is 0 Å². The molecular formula is C13H16BrNO. The highest BCUT2D eigenvalue weighted by Crippen LogP contribution is 2.45. The van der Waals surface area contributed by atoms with Gasteiger partial charge in [-0.05, 0) is 38.9 Å². The van der Waals surface area contributed by atoms with Crippen LogP contribution in [0.1, 0.15) is 38.7 Å². The number of fused-ring (bicyclic) bond motifs is 1.